The van der Waals surface area contributed by atoms with Crippen molar-refractivity contribution < 1.29 is 20.1 Å². The maximum atomic E-state index is 10.4. The van der Waals surface area contributed by atoms with E-state index in [-0.39, 0.29) is 12.1 Å². The van der Waals surface area contributed by atoms with Crippen molar-refractivity contribution in [3.8, 4) is 0 Å². The van der Waals surface area contributed by atoms with Crippen molar-refractivity contribution in [1.29, 1.82) is 0 Å². The van der Waals surface area contributed by atoms with E-state index in [0.29, 0.717) is 6.42 Å². The number of carbonyl (C=O) groups excluding carboxylic acids is 1. The molecule has 0 aromatic heterocycles. The second-order valence-corrected chi connectivity index (χ2v) is 2.01. The van der Waals surface area contributed by atoms with E-state index >= 15 is 0 Å². The van der Waals surface area contributed by atoms with Crippen molar-refractivity contribution in [3.63, 3.8) is 0 Å². The Kier molecular flexibility index (Phi) is 8.41. The van der Waals surface area contributed by atoms with E-state index < -0.39 is 12.1 Å². The second-order valence-electron chi connectivity index (χ2n) is 2.01. The minimum Gasteiger partial charge on any atom is -0.462 e. The molecule has 0 aromatic carbocycles. The van der Waals surface area contributed by atoms with Crippen LogP contribution in [0.15, 0.2) is 12.7 Å². The fourth-order valence-corrected chi connectivity index (χ4v) is 0.389. The lowest BCUT2D eigenvalue weighted by Crippen LogP contribution is -2.08. The van der Waals surface area contributed by atoms with E-state index in [0.717, 1.165) is 6.08 Å². The molecule has 0 radical (unpaired) electrons. The molecule has 1 atom stereocenters. The molecule has 0 rings (SSSR count). The van der Waals surface area contributed by atoms with Gasteiger partial charge in [0.05, 0.1) is 12.7 Å². The fourth-order valence-electron chi connectivity index (χ4n) is 0.389. The number of hydrogen-bond donors (Lipinski definition) is 1. The van der Waals surface area contributed by atoms with Crippen LogP contribution in [0.3, 0.4) is 0 Å². The predicted octanol–water partition coefficient (Wildman–Crippen LogP) is -0.338. The number of esters is 1. The van der Waals surface area contributed by atoms with E-state index in [2.05, 4.69) is 11.3 Å². The molecule has 0 heterocycles. The standard InChI is InChI=1S/C7H12O3.H2O/c1-3-7(9)10-5-4-6(2)8;/h3,6,8H,1,4-5H2,2H3;1H2. The summed E-state index contributed by atoms with van der Waals surface area (Å²) in [6.07, 6.45) is 1.15. The first-order valence-electron chi connectivity index (χ1n) is 3.14. The summed E-state index contributed by atoms with van der Waals surface area (Å²) in [7, 11) is 0. The minimum absolute atomic E-state index is 0. The van der Waals surface area contributed by atoms with E-state index in [1.54, 1.807) is 6.92 Å². The third-order valence-corrected chi connectivity index (χ3v) is 0.947. The highest BCUT2D eigenvalue weighted by atomic mass is 16.5. The first-order valence-corrected chi connectivity index (χ1v) is 3.14. The Morgan fingerprint density at radius 2 is 2.36 bits per heavy atom. The molecule has 1 unspecified atom stereocenters. The minimum atomic E-state index is -0.444. The van der Waals surface area contributed by atoms with Crippen molar-refractivity contribution in [2.45, 2.75) is 19.4 Å². The number of ether oxygens (including phenoxy) is 1. The van der Waals surface area contributed by atoms with Crippen LogP contribution >= 0.6 is 0 Å². The number of aliphatic hydroxyl groups is 1. The van der Waals surface area contributed by atoms with E-state index in [1.807, 2.05) is 0 Å². The molecule has 0 aliphatic carbocycles. The molecule has 11 heavy (non-hydrogen) atoms. The molecule has 0 saturated carbocycles. The van der Waals surface area contributed by atoms with Gasteiger partial charge in [-0.3, -0.25) is 0 Å². The van der Waals surface area contributed by atoms with Crippen LogP contribution in [0, 0.1) is 0 Å². The molecule has 0 bridgehead atoms. The summed E-state index contributed by atoms with van der Waals surface area (Å²) in [6.45, 7) is 5.11. The quantitative estimate of drug-likeness (QED) is 0.453. The zero-order valence-corrected chi connectivity index (χ0v) is 6.54. The molecule has 4 heteroatoms. The highest BCUT2D eigenvalue weighted by Crippen LogP contribution is 1.90. The maximum absolute atomic E-state index is 10.4. The lowest BCUT2D eigenvalue weighted by molar-refractivity contribution is -0.138. The molecule has 0 saturated heterocycles. The summed E-state index contributed by atoms with van der Waals surface area (Å²) < 4.78 is 4.58. The molecule has 0 spiro atoms. The Morgan fingerprint density at radius 1 is 1.82 bits per heavy atom. The van der Waals surface area contributed by atoms with Crippen molar-refractivity contribution >= 4 is 5.97 Å². The lowest BCUT2D eigenvalue weighted by atomic mass is 10.3. The van der Waals surface area contributed by atoms with Crippen LogP contribution in [0.25, 0.3) is 0 Å². The van der Waals surface area contributed by atoms with Gasteiger partial charge >= 0.3 is 5.97 Å². The monoisotopic (exact) mass is 162 g/mol. The largest absolute Gasteiger partial charge is 0.462 e. The smallest absolute Gasteiger partial charge is 0.330 e. The van der Waals surface area contributed by atoms with Gasteiger partial charge in [-0.05, 0) is 6.92 Å². The number of rotatable bonds is 4. The molecule has 0 amide bonds. The van der Waals surface area contributed by atoms with Crippen molar-refractivity contribution in [2.75, 3.05) is 6.61 Å². The van der Waals surface area contributed by atoms with Gasteiger partial charge in [0, 0.05) is 12.5 Å². The van der Waals surface area contributed by atoms with Gasteiger partial charge in [0.15, 0.2) is 0 Å². The highest BCUT2D eigenvalue weighted by Gasteiger charge is 1.97. The zero-order chi connectivity index (χ0) is 7.98. The van der Waals surface area contributed by atoms with Crippen molar-refractivity contribution in [3.05, 3.63) is 12.7 Å². The van der Waals surface area contributed by atoms with Crippen LogP contribution in [-0.2, 0) is 9.53 Å². The van der Waals surface area contributed by atoms with Gasteiger partial charge in [0.2, 0.25) is 0 Å². The Morgan fingerprint density at radius 3 is 2.73 bits per heavy atom. The summed E-state index contributed by atoms with van der Waals surface area (Å²) in [5.41, 5.74) is 0. The number of aliphatic hydroxyl groups excluding tert-OH is 1. The fraction of sp³-hybridized carbons (Fsp3) is 0.571. The molecule has 0 aliphatic rings. The number of carbonyl (C=O) groups is 1. The summed E-state index contributed by atoms with van der Waals surface area (Å²) in [4.78, 5) is 10.4. The Hall–Kier alpha value is -0.870. The van der Waals surface area contributed by atoms with Crippen molar-refractivity contribution in [2.24, 2.45) is 0 Å². The van der Waals surface area contributed by atoms with Gasteiger partial charge in [-0.25, -0.2) is 4.79 Å². The molecular formula is C7H14O4. The third-order valence-electron chi connectivity index (χ3n) is 0.947. The van der Waals surface area contributed by atoms with E-state index in [9.17, 15) is 4.79 Å². The van der Waals surface area contributed by atoms with Gasteiger partial charge in [-0.1, -0.05) is 6.58 Å². The normalized spacial score (nSPS) is 11.1. The van der Waals surface area contributed by atoms with Gasteiger partial charge in [-0.15, -0.1) is 0 Å². The van der Waals surface area contributed by atoms with Crippen LogP contribution in [0.5, 0.6) is 0 Å². The number of hydrogen-bond acceptors (Lipinski definition) is 3. The summed E-state index contributed by atoms with van der Waals surface area (Å²) in [5.74, 6) is -0.444. The molecule has 66 valence electrons. The van der Waals surface area contributed by atoms with Crippen LogP contribution in [0.1, 0.15) is 13.3 Å². The van der Waals surface area contributed by atoms with Crippen LogP contribution < -0.4 is 0 Å². The van der Waals surface area contributed by atoms with Crippen LogP contribution in [-0.4, -0.2) is 29.3 Å². The third kappa shape index (κ3) is 9.13. The average molecular weight is 162 g/mol. The second kappa shape index (κ2) is 7.24. The van der Waals surface area contributed by atoms with Gasteiger partial charge < -0.3 is 15.3 Å². The topological polar surface area (TPSA) is 78.0 Å². The van der Waals surface area contributed by atoms with Crippen LogP contribution in [0.2, 0.25) is 0 Å². The van der Waals surface area contributed by atoms with Gasteiger partial charge in [0.1, 0.15) is 0 Å². The first-order chi connectivity index (χ1) is 4.66. The summed E-state index contributed by atoms with van der Waals surface area (Å²) >= 11 is 0. The predicted molar refractivity (Wildman–Crippen MR) is 41.1 cm³/mol. The summed E-state index contributed by atoms with van der Waals surface area (Å²) in [5, 5.41) is 8.72. The molecule has 0 aromatic rings. The molecule has 0 aliphatic heterocycles. The zero-order valence-electron chi connectivity index (χ0n) is 6.54. The Bertz CT molecular complexity index is 120. The SMILES string of the molecule is C=CC(=O)OCCC(C)O.O. The van der Waals surface area contributed by atoms with Gasteiger partial charge in [-0.2, -0.15) is 0 Å². The van der Waals surface area contributed by atoms with Crippen molar-refractivity contribution in [1.82, 2.24) is 0 Å². The maximum Gasteiger partial charge on any atom is 0.330 e. The van der Waals surface area contributed by atoms with Gasteiger partial charge in [0.25, 0.3) is 0 Å². The Labute approximate surface area is 65.8 Å². The average Bonchev–Trinajstić information content (AvgIpc) is 1.87. The molecule has 4 nitrogen and oxygen atoms in total. The highest BCUT2D eigenvalue weighted by molar-refractivity contribution is 5.81. The molecular weight excluding hydrogens is 148 g/mol. The first kappa shape index (κ1) is 12.8. The van der Waals surface area contributed by atoms with E-state index in [1.165, 1.54) is 0 Å². The lowest BCUT2D eigenvalue weighted by Gasteiger charge is -2.02. The molecule has 0 fully saturated rings. The Balaban J connectivity index is 0. The van der Waals surface area contributed by atoms with Crippen LogP contribution in [0.4, 0.5) is 0 Å². The molecule has 3 N–H and O–H groups in total. The summed E-state index contributed by atoms with van der Waals surface area (Å²) in [6, 6.07) is 0. The van der Waals surface area contributed by atoms with E-state index in [4.69, 9.17) is 5.11 Å².